The lowest BCUT2D eigenvalue weighted by Gasteiger charge is -2.45. The van der Waals surface area contributed by atoms with Crippen LogP contribution in [0, 0.1) is 5.41 Å². The van der Waals surface area contributed by atoms with Gasteiger partial charge in [0, 0.05) is 31.1 Å². The summed E-state index contributed by atoms with van der Waals surface area (Å²) in [4.78, 5) is 4.70. The van der Waals surface area contributed by atoms with Crippen LogP contribution in [0.15, 0.2) is 29.2 Å². The minimum atomic E-state index is -3.74. The molecule has 1 unspecified atom stereocenters. The van der Waals surface area contributed by atoms with E-state index in [-0.39, 0.29) is 16.9 Å². The first-order valence-corrected chi connectivity index (χ1v) is 11.5. The third-order valence-electron chi connectivity index (χ3n) is 5.90. The number of aliphatic hydroxyl groups is 1. The zero-order valence-corrected chi connectivity index (χ0v) is 17.9. The number of likely N-dealkylation sites (N-methyl/N-ethyl adjacent to an activating group) is 1. The maximum absolute atomic E-state index is 12.7. The fourth-order valence-corrected chi connectivity index (χ4v) is 5.45. The van der Waals surface area contributed by atoms with Crippen molar-refractivity contribution < 1.29 is 18.3 Å². The van der Waals surface area contributed by atoms with Crippen LogP contribution in [-0.4, -0.2) is 81.8 Å². The molecule has 2 N–H and O–H groups in total. The van der Waals surface area contributed by atoms with Gasteiger partial charge >= 0.3 is 0 Å². The molecule has 2 aliphatic heterocycles. The van der Waals surface area contributed by atoms with E-state index in [1.165, 1.54) is 0 Å². The van der Waals surface area contributed by atoms with Crippen molar-refractivity contribution in [2.24, 2.45) is 5.41 Å². The maximum Gasteiger partial charge on any atom is 0.244 e. The molecule has 1 atom stereocenters. The third kappa shape index (κ3) is 5.04. The SMILES string of the molecule is CC(C)N1CCC2(CC1)COc1ccccc1S(=O)(=O)NCC(O)CN(C)C2. The van der Waals surface area contributed by atoms with E-state index in [0.29, 0.717) is 24.9 Å². The number of nitrogens with one attached hydrogen (secondary N) is 1. The molecule has 7 nitrogen and oxygen atoms in total. The Balaban J connectivity index is 1.89. The number of aliphatic hydroxyl groups excluding tert-OH is 1. The van der Waals surface area contributed by atoms with Crippen molar-refractivity contribution in [2.75, 3.05) is 46.4 Å². The summed E-state index contributed by atoms with van der Waals surface area (Å²) in [5.41, 5.74) is -0.0661. The molecule has 1 saturated heterocycles. The number of ether oxygens (including phenoxy) is 1. The molecular formula is C20H33N3O4S. The van der Waals surface area contributed by atoms with Gasteiger partial charge in [0.25, 0.3) is 0 Å². The molecule has 0 aliphatic carbocycles. The van der Waals surface area contributed by atoms with Crippen LogP contribution in [0.3, 0.4) is 0 Å². The molecule has 0 amide bonds. The molecule has 8 heteroatoms. The Kier molecular flexibility index (Phi) is 6.66. The number of β-amino-alcohol motifs (C(OH)–C–C–N with tert-alkyl or cyclic N) is 1. The summed E-state index contributed by atoms with van der Waals surface area (Å²) in [5.74, 6) is 0.374. The van der Waals surface area contributed by atoms with E-state index in [1.807, 2.05) is 7.05 Å². The number of hydrogen-bond acceptors (Lipinski definition) is 6. The lowest BCUT2D eigenvalue weighted by molar-refractivity contribution is 0.00861. The third-order valence-corrected chi connectivity index (χ3v) is 7.36. The Bertz CT molecular complexity index is 760. The van der Waals surface area contributed by atoms with Crippen LogP contribution >= 0.6 is 0 Å². The summed E-state index contributed by atoms with van der Waals surface area (Å²) in [5, 5.41) is 10.3. The van der Waals surface area contributed by atoms with Gasteiger partial charge in [0.05, 0.1) is 12.7 Å². The highest BCUT2D eigenvalue weighted by atomic mass is 32.2. The highest BCUT2D eigenvalue weighted by molar-refractivity contribution is 7.89. The molecule has 1 fully saturated rings. The van der Waals surface area contributed by atoms with Crippen LogP contribution in [0.25, 0.3) is 0 Å². The topological polar surface area (TPSA) is 82.1 Å². The van der Waals surface area contributed by atoms with Crippen molar-refractivity contribution in [3.05, 3.63) is 24.3 Å². The molecule has 0 saturated carbocycles. The maximum atomic E-state index is 12.7. The molecule has 0 aromatic heterocycles. The smallest absolute Gasteiger partial charge is 0.244 e. The van der Waals surface area contributed by atoms with Crippen molar-refractivity contribution >= 4 is 10.0 Å². The van der Waals surface area contributed by atoms with Gasteiger partial charge in [0.1, 0.15) is 10.6 Å². The second-order valence-corrected chi connectivity index (χ2v) is 10.3. The summed E-state index contributed by atoms with van der Waals surface area (Å²) >= 11 is 0. The van der Waals surface area contributed by atoms with Gasteiger partial charge in [0.15, 0.2) is 0 Å². The van der Waals surface area contributed by atoms with E-state index < -0.39 is 16.1 Å². The number of piperidine rings is 1. The van der Waals surface area contributed by atoms with Gasteiger partial charge in [-0.3, -0.25) is 0 Å². The van der Waals surface area contributed by atoms with E-state index in [9.17, 15) is 13.5 Å². The lowest BCUT2D eigenvalue weighted by atomic mass is 9.78. The number of likely N-dealkylation sites (tertiary alicyclic amines) is 1. The number of hydrogen-bond donors (Lipinski definition) is 2. The van der Waals surface area contributed by atoms with Crippen molar-refractivity contribution in [2.45, 2.75) is 43.7 Å². The Morgan fingerprint density at radius 3 is 2.61 bits per heavy atom. The van der Waals surface area contributed by atoms with Crippen LogP contribution in [0.1, 0.15) is 26.7 Å². The Morgan fingerprint density at radius 1 is 1.25 bits per heavy atom. The molecular weight excluding hydrogens is 378 g/mol. The van der Waals surface area contributed by atoms with E-state index in [2.05, 4.69) is 28.4 Å². The minimum Gasteiger partial charge on any atom is -0.492 e. The zero-order valence-electron chi connectivity index (χ0n) is 17.1. The first kappa shape index (κ1) is 21.5. The Morgan fingerprint density at radius 2 is 1.93 bits per heavy atom. The fraction of sp³-hybridized carbons (Fsp3) is 0.700. The molecule has 28 heavy (non-hydrogen) atoms. The van der Waals surface area contributed by atoms with Crippen LogP contribution in [0.5, 0.6) is 5.75 Å². The average molecular weight is 412 g/mol. The standard InChI is InChI=1S/C20H33N3O4S/c1-16(2)23-10-8-20(9-11-23)14-22(3)13-17(24)12-21-28(25,26)19-7-5-4-6-18(19)27-15-20/h4-7,16-17,21,24H,8-15H2,1-3H3. The van der Waals surface area contributed by atoms with E-state index in [4.69, 9.17) is 4.74 Å². The van der Waals surface area contributed by atoms with Crippen LogP contribution in [0.2, 0.25) is 0 Å². The lowest BCUT2D eigenvalue weighted by Crippen LogP contribution is -2.51. The normalized spacial score (nSPS) is 26.8. The molecule has 158 valence electrons. The number of sulfonamides is 1. The van der Waals surface area contributed by atoms with Crippen LogP contribution in [-0.2, 0) is 10.0 Å². The van der Waals surface area contributed by atoms with Gasteiger partial charge in [0.2, 0.25) is 10.0 Å². The molecule has 0 bridgehead atoms. The monoisotopic (exact) mass is 411 g/mol. The molecule has 3 rings (SSSR count). The van der Waals surface area contributed by atoms with Crippen LogP contribution in [0.4, 0.5) is 0 Å². The number of rotatable bonds is 1. The van der Waals surface area contributed by atoms with Crippen molar-refractivity contribution in [3.8, 4) is 5.75 Å². The van der Waals surface area contributed by atoms with Crippen molar-refractivity contribution in [1.82, 2.24) is 14.5 Å². The second-order valence-electron chi connectivity index (χ2n) is 8.57. The average Bonchev–Trinajstić information content (AvgIpc) is 2.65. The predicted molar refractivity (Wildman–Crippen MR) is 109 cm³/mol. The zero-order chi connectivity index (χ0) is 20.4. The van der Waals surface area contributed by atoms with Gasteiger partial charge in [-0.15, -0.1) is 0 Å². The van der Waals surface area contributed by atoms with Gasteiger partial charge in [-0.05, 0) is 59.0 Å². The predicted octanol–water partition coefficient (Wildman–Crippen LogP) is 1.14. The Hall–Kier alpha value is -1.19. The summed E-state index contributed by atoms with van der Waals surface area (Å²) in [6, 6.07) is 7.25. The number of fused-ring (bicyclic) bond motifs is 1. The first-order chi connectivity index (χ1) is 13.2. The molecule has 1 aromatic carbocycles. The summed E-state index contributed by atoms with van der Waals surface area (Å²) in [6.45, 7) is 8.10. The highest BCUT2D eigenvalue weighted by Gasteiger charge is 2.38. The van der Waals surface area contributed by atoms with Gasteiger partial charge in [-0.2, -0.15) is 0 Å². The van der Waals surface area contributed by atoms with Crippen LogP contribution < -0.4 is 9.46 Å². The number of nitrogens with zero attached hydrogens (tertiary/aromatic N) is 2. The van der Waals surface area contributed by atoms with Gasteiger partial charge in [-0.1, -0.05) is 12.1 Å². The molecule has 0 radical (unpaired) electrons. The largest absolute Gasteiger partial charge is 0.492 e. The second kappa shape index (κ2) is 8.67. The van der Waals surface area contributed by atoms with Gasteiger partial charge < -0.3 is 19.6 Å². The van der Waals surface area contributed by atoms with E-state index in [1.54, 1.807) is 24.3 Å². The molecule has 1 aromatic rings. The quantitative estimate of drug-likeness (QED) is 0.721. The van der Waals surface area contributed by atoms with E-state index in [0.717, 1.165) is 32.5 Å². The first-order valence-electron chi connectivity index (χ1n) is 10.0. The van der Waals surface area contributed by atoms with Crippen molar-refractivity contribution in [1.29, 1.82) is 0 Å². The summed E-state index contributed by atoms with van der Waals surface area (Å²) in [6.07, 6.45) is 1.21. The number of benzene rings is 1. The fourth-order valence-electron chi connectivity index (χ4n) is 4.23. The Labute approximate surface area is 168 Å². The summed E-state index contributed by atoms with van der Waals surface area (Å²) < 4.78 is 34.0. The number of para-hydroxylation sites is 1. The molecule has 2 aliphatic rings. The van der Waals surface area contributed by atoms with Crippen molar-refractivity contribution in [3.63, 3.8) is 0 Å². The minimum absolute atomic E-state index is 0.0187. The molecule has 1 spiro atoms. The molecule has 2 heterocycles. The van der Waals surface area contributed by atoms with E-state index >= 15 is 0 Å². The van der Waals surface area contributed by atoms with Gasteiger partial charge in [-0.25, -0.2) is 13.1 Å². The summed E-state index contributed by atoms with van der Waals surface area (Å²) in [7, 11) is -1.76. The highest BCUT2D eigenvalue weighted by Crippen LogP contribution is 2.35.